The summed E-state index contributed by atoms with van der Waals surface area (Å²) in [6.45, 7) is 3.06. The summed E-state index contributed by atoms with van der Waals surface area (Å²) in [6.07, 6.45) is 3.10. The molecule has 0 aliphatic rings. The Morgan fingerprint density at radius 1 is 1.02 bits per heavy atom. The molecule has 0 radical (unpaired) electrons. The van der Waals surface area contributed by atoms with E-state index in [4.69, 9.17) is 31.5 Å². The second kappa shape index (κ2) is 18.8. The first-order chi connectivity index (χ1) is 22.3. The van der Waals surface area contributed by atoms with Crippen LogP contribution in [0.15, 0.2) is 42.5 Å². The largest absolute Gasteiger partial charge is 0.514 e. The van der Waals surface area contributed by atoms with Crippen LogP contribution < -0.4 is 31.7 Å². The third-order valence-corrected chi connectivity index (χ3v) is 6.34. The molecule has 2 aromatic carbocycles. The highest BCUT2D eigenvalue weighted by Crippen LogP contribution is 2.21. The number of non-ortho nitro benzene ring substituents is 1. The van der Waals surface area contributed by atoms with Gasteiger partial charge in [-0.1, -0.05) is 25.8 Å². The van der Waals surface area contributed by atoms with Crippen LogP contribution >= 0.6 is 0 Å². The van der Waals surface area contributed by atoms with Gasteiger partial charge < -0.3 is 46.3 Å². The Kier molecular flexibility index (Phi) is 14.9. The molecule has 47 heavy (non-hydrogen) atoms. The van der Waals surface area contributed by atoms with Gasteiger partial charge in [0.1, 0.15) is 31.0 Å². The molecule has 2 aromatic rings. The van der Waals surface area contributed by atoms with Crippen molar-refractivity contribution < 1.29 is 48.2 Å². The molecule has 0 saturated carbocycles. The first kappa shape index (κ1) is 37.3. The van der Waals surface area contributed by atoms with E-state index >= 15 is 0 Å². The first-order valence-electron chi connectivity index (χ1n) is 14.2. The molecule has 2 rings (SSSR count). The quantitative estimate of drug-likeness (QED) is 0.0360. The summed E-state index contributed by atoms with van der Waals surface area (Å²) in [5, 5.41) is 29.7. The lowest BCUT2D eigenvalue weighted by Gasteiger charge is -2.24. The zero-order valence-corrected chi connectivity index (χ0v) is 25.6. The summed E-state index contributed by atoms with van der Waals surface area (Å²) in [4.78, 5) is 71.0. The predicted octanol–water partition coefficient (Wildman–Crippen LogP) is 2.62. The maximum Gasteiger partial charge on any atom is 0.514 e. The summed E-state index contributed by atoms with van der Waals surface area (Å²) in [7, 11) is 0. The van der Waals surface area contributed by atoms with Crippen LogP contribution in [0.3, 0.4) is 0 Å². The molecule has 0 aliphatic heterocycles. The number of urea groups is 1. The van der Waals surface area contributed by atoms with Crippen LogP contribution in [0.5, 0.6) is 5.75 Å². The third kappa shape index (κ3) is 13.3. The molecular weight excluding hydrogens is 620 g/mol. The zero-order chi connectivity index (χ0) is 34.9. The van der Waals surface area contributed by atoms with Crippen LogP contribution in [0.2, 0.25) is 0 Å². The number of carboxylic acid groups (broad SMARTS) is 1. The fourth-order valence-corrected chi connectivity index (χ4v) is 4.04. The SMILES string of the molecule is C#CCOCc1cc(NC(=O)C(CCCNC(N)=O)NC(=O)C(NC(=O)O)C(C)C)ccc1COC(=O)Oc1ccc([N+](=O)[O-])cc1. The summed E-state index contributed by atoms with van der Waals surface area (Å²) in [5.74, 6) is 0.569. The van der Waals surface area contributed by atoms with E-state index in [0.717, 1.165) is 0 Å². The summed E-state index contributed by atoms with van der Waals surface area (Å²) in [5.41, 5.74) is 6.15. The lowest BCUT2D eigenvalue weighted by atomic mass is 10.0. The van der Waals surface area contributed by atoms with E-state index in [2.05, 4.69) is 27.2 Å². The highest BCUT2D eigenvalue weighted by molar-refractivity contribution is 5.98. The van der Waals surface area contributed by atoms with Crippen molar-refractivity contribution >= 4 is 41.5 Å². The van der Waals surface area contributed by atoms with Crippen LogP contribution in [-0.4, -0.2) is 65.4 Å². The van der Waals surface area contributed by atoms with Gasteiger partial charge in [0.15, 0.2) is 0 Å². The number of primary amides is 1. The molecule has 5 amide bonds. The zero-order valence-electron chi connectivity index (χ0n) is 25.6. The number of ether oxygens (including phenoxy) is 3. The number of anilines is 1. The van der Waals surface area contributed by atoms with Gasteiger partial charge in [-0.3, -0.25) is 19.7 Å². The third-order valence-electron chi connectivity index (χ3n) is 6.34. The van der Waals surface area contributed by atoms with Gasteiger partial charge in [0.25, 0.3) is 5.69 Å². The predicted molar refractivity (Wildman–Crippen MR) is 166 cm³/mol. The van der Waals surface area contributed by atoms with E-state index < -0.39 is 53.0 Å². The number of benzene rings is 2. The number of nitrogens with one attached hydrogen (secondary N) is 4. The molecule has 0 spiro atoms. The molecule has 7 N–H and O–H groups in total. The number of nitro benzene ring substituents is 1. The fourth-order valence-electron chi connectivity index (χ4n) is 4.04. The van der Waals surface area contributed by atoms with Crippen molar-refractivity contribution in [1.29, 1.82) is 0 Å². The molecule has 0 heterocycles. The first-order valence-corrected chi connectivity index (χ1v) is 14.2. The van der Waals surface area contributed by atoms with Crippen molar-refractivity contribution in [2.24, 2.45) is 11.7 Å². The number of carbonyl (C=O) groups is 5. The molecule has 0 fully saturated rings. The second-order valence-corrected chi connectivity index (χ2v) is 10.2. The number of nitrogens with two attached hydrogens (primary N) is 1. The van der Waals surface area contributed by atoms with E-state index in [1.54, 1.807) is 26.0 Å². The van der Waals surface area contributed by atoms with Gasteiger partial charge in [-0.25, -0.2) is 14.4 Å². The number of nitro groups is 1. The van der Waals surface area contributed by atoms with Crippen molar-refractivity contribution in [2.45, 2.75) is 52.0 Å². The average Bonchev–Trinajstić information content (AvgIpc) is 3.00. The molecule has 2 unspecified atom stereocenters. The highest BCUT2D eigenvalue weighted by Gasteiger charge is 2.29. The molecule has 0 bridgehead atoms. The Morgan fingerprint density at radius 2 is 1.72 bits per heavy atom. The number of carbonyl (C=O) groups excluding carboxylic acids is 4. The van der Waals surface area contributed by atoms with E-state index in [1.165, 1.54) is 30.3 Å². The minimum Gasteiger partial charge on any atom is -0.465 e. The summed E-state index contributed by atoms with van der Waals surface area (Å²) < 4.78 is 15.7. The Hall–Kier alpha value is -5.89. The van der Waals surface area contributed by atoms with Crippen LogP contribution in [0, 0.1) is 28.4 Å². The molecule has 0 aromatic heterocycles. The Labute approximate surface area is 269 Å². The molecule has 2 atom stereocenters. The molecular formula is C30H36N6O11. The van der Waals surface area contributed by atoms with Gasteiger partial charge in [-0.05, 0) is 54.2 Å². The molecule has 17 nitrogen and oxygen atoms in total. The number of rotatable bonds is 17. The van der Waals surface area contributed by atoms with Crippen LogP contribution in [0.25, 0.3) is 0 Å². The van der Waals surface area contributed by atoms with E-state index in [9.17, 15) is 34.1 Å². The van der Waals surface area contributed by atoms with Crippen molar-refractivity contribution in [3.05, 3.63) is 63.7 Å². The standard InChI is InChI=1S/C30H36N6O11/c1-4-14-45-16-20-15-21(8-7-19(20)17-46-30(42)47-23-11-9-22(10-12-23)36(43)44)33-26(37)24(6-5-13-32-28(31)39)34-27(38)25(18(2)3)35-29(40)41/h1,7-12,15,18,24-25,35H,5-6,13-14,16-17H2,2-3H3,(H,33,37)(H,34,38)(H,40,41)(H3,31,32,39). The topological polar surface area (TPSA) is 251 Å². The smallest absolute Gasteiger partial charge is 0.465 e. The Bertz CT molecular complexity index is 1470. The van der Waals surface area contributed by atoms with E-state index in [-0.39, 0.29) is 56.3 Å². The van der Waals surface area contributed by atoms with Gasteiger partial charge in [-0.15, -0.1) is 6.42 Å². The minimum absolute atomic E-state index is 0.0279. The minimum atomic E-state index is -1.41. The van der Waals surface area contributed by atoms with Gasteiger partial charge in [-0.2, -0.15) is 0 Å². The van der Waals surface area contributed by atoms with Crippen LogP contribution in [0.4, 0.5) is 25.8 Å². The van der Waals surface area contributed by atoms with E-state index in [1.807, 2.05) is 0 Å². The van der Waals surface area contributed by atoms with Crippen molar-refractivity contribution in [2.75, 3.05) is 18.5 Å². The maximum atomic E-state index is 13.3. The van der Waals surface area contributed by atoms with Crippen molar-refractivity contribution in [1.82, 2.24) is 16.0 Å². The normalized spacial score (nSPS) is 11.7. The van der Waals surface area contributed by atoms with E-state index in [0.29, 0.717) is 11.1 Å². The number of hydrogen-bond acceptors (Lipinski definition) is 10. The molecule has 0 saturated heterocycles. The van der Waals surface area contributed by atoms with Crippen molar-refractivity contribution in [3.8, 4) is 18.1 Å². The highest BCUT2D eigenvalue weighted by atomic mass is 16.7. The lowest BCUT2D eigenvalue weighted by Crippen LogP contribution is -2.54. The average molecular weight is 657 g/mol. The molecule has 17 heteroatoms. The Balaban J connectivity index is 2.19. The summed E-state index contributed by atoms with van der Waals surface area (Å²) >= 11 is 0. The number of terminal acetylenes is 1. The van der Waals surface area contributed by atoms with Gasteiger partial charge in [0, 0.05) is 24.4 Å². The van der Waals surface area contributed by atoms with Gasteiger partial charge >= 0.3 is 18.3 Å². The Morgan fingerprint density at radius 3 is 2.32 bits per heavy atom. The number of amides is 5. The van der Waals surface area contributed by atoms with Crippen LogP contribution in [-0.2, 0) is 32.3 Å². The van der Waals surface area contributed by atoms with Crippen LogP contribution in [0.1, 0.15) is 37.8 Å². The van der Waals surface area contributed by atoms with Gasteiger partial charge in [0.05, 0.1) is 11.5 Å². The maximum absolute atomic E-state index is 13.3. The number of nitrogens with zero attached hydrogens (tertiary/aromatic N) is 1. The van der Waals surface area contributed by atoms with Gasteiger partial charge in [0.2, 0.25) is 11.8 Å². The lowest BCUT2D eigenvalue weighted by molar-refractivity contribution is -0.384. The summed E-state index contributed by atoms with van der Waals surface area (Å²) in [6, 6.07) is 6.40. The second-order valence-electron chi connectivity index (χ2n) is 10.2. The monoisotopic (exact) mass is 656 g/mol. The molecule has 0 aliphatic carbocycles. The fraction of sp³-hybridized carbons (Fsp3) is 0.367. The molecule has 252 valence electrons. The number of hydrogen-bond donors (Lipinski definition) is 6. The van der Waals surface area contributed by atoms with Crippen molar-refractivity contribution in [3.63, 3.8) is 0 Å².